The normalized spacial score (nSPS) is 25.1. The number of fused-ring (bicyclic) bond motifs is 1. The number of nitrogens with zero attached hydrogens (tertiary/aromatic N) is 4. The van der Waals surface area contributed by atoms with Gasteiger partial charge in [0.15, 0.2) is 5.82 Å². The van der Waals surface area contributed by atoms with Crippen LogP contribution in [-0.4, -0.2) is 46.7 Å². The Morgan fingerprint density at radius 1 is 1.23 bits per heavy atom. The Balaban J connectivity index is 1.86. The van der Waals surface area contributed by atoms with Gasteiger partial charge in [0, 0.05) is 26.2 Å². The SMILES string of the molecule is CCn1c(=O)c(N2CC[C@@]23CCN(C)C3)nc2ccccc21. The summed E-state index contributed by atoms with van der Waals surface area (Å²) >= 11 is 0. The van der Waals surface area contributed by atoms with E-state index < -0.39 is 0 Å². The molecule has 1 atom stereocenters. The molecule has 4 rings (SSSR count). The van der Waals surface area contributed by atoms with Crippen molar-refractivity contribution in [3.8, 4) is 0 Å². The van der Waals surface area contributed by atoms with Gasteiger partial charge in [-0.1, -0.05) is 12.1 Å². The lowest BCUT2D eigenvalue weighted by atomic mass is 9.84. The van der Waals surface area contributed by atoms with Crippen molar-refractivity contribution in [2.24, 2.45) is 0 Å². The van der Waals surface area contributed by atoms with E-state index in [2.05, 4.69) is 16.8 Å². The number of anilines is 1. The molecule has 3 heterocycles. The third-order valence-electron chi connectivity index (χ3n) is 5.30. The molecule has 5 nitrogen and oxygen atoms in total. The molecule has 0 aliphatic carbocycles. The minimum atomic E-state index is 0.0508. The second kappa shape index (κ2) is 4.81. The van der Waals surface area contributed by atoms with E-state index in [1.807, 2.05) is 35.8 Å². The molecule has 2 aliphatic heterocycles. The second-order valence-electron chi connectivity index (χ2n) is 6.59. The maximum Gasteiger partial charge on any atom is 0.294 e. The Labute approximate surface area is 130 Å². The van der Waals surface area contributed by atoms with E-state index in [1.165, 1.54) is 0 Å². The molecule has 0 N–H and O–H groups in total. The predicted octanol–water partition coefficient (Wildman–Crippen LogP) is 1.70. The van der Waals surface area contributed by atoms with Gasteiger partial charge in [-0.15, -0.1) is 0 Å². The monoisotopic (exact) mass is 298 g/mol. The van der Waals surface area contributed by atoms with Crippen LogP contribution in [0.5, 0.6) is 0 Å². The lowest BCUT2D eigenvalue weighted by Gasteiger charge is -2.51. The minimum Gasteiger partial charge on any atom is -0.345 e. The molecule has 1 aromatic carbocycles. The molecular formula is C17H22N4O. The van der Waals surface area contributed by atoms with E-state index in [-0.39, 0.29) is 11.1 Å². The molecule has 2 aliphatic rings. The van der Waals surface area contributed by atoms with Crippen molar-refractivity contribution in [1.82, 2.24) is 14.5 Å². The molecular weight excluding hydrogens is 276 g/mol. The van der Waals surface area contributed by atoms with Crippen LogP contribution < -0.4 is 10.5 Å². The Kier molecular flexibility index (Phi) is 3.01. The average molecular weight is 298 g/mol. The Morgan fingerprint density at radius 3 is 2.64 bits per heavy atom. The summed E-state index contributed by atoms with van der Waals surface area (Å²) in [5, 5.41) is 0. The van der Waals surface area contributed by atoms with Crippen molar-refractivity contribution < 1.29 is 0 Å². The fourth-order valence-electron chi connectivity index (χ4n) is 4.02. The number of hydrogen-bond donors (Lipinski definition) is 0. The second-order valence-corrected chi connectivity index (χ2v) is 6.59. The van der Waals surface area contributed by atoms with Crippen LogP contribution in [0.1, 0.15) is 19.8 Å². The van der Waals surface area contributed by atoms with E-state index in [9.17, 15) is 4.79 Å². The molecule has 1 spiro atoms. The maximum atomic E-state index is 12.9. The first-order valence-corrected chi connectivity index (χ1v) is 8.10. The van der Waals surface area contributed by atoms with Crippen molar-refractivity contribution in [3.63, 3.8) is 0 Å². The lowest BCUT2D eigenvalue weighted by Crippen LogP contribution is -2.63. The summed E-state index contributed by atoms with van der Waals surface area (Å²) in [4.78, 5) is 22.3. The largest absolute Gasteiger partial charge is 0.345 e. The van der Waals surface area contributed by atoms with E-state index >= 15 is 0 Å². The van der Waals surface area contributed by atoms with Gasteiger partial charge in [-0.25, -0.2) is 4.98 Å². The van der Waals surface area contributed by atoms with E-state index in [0.29, 0.717) is 12.4 Å². The topological polar surface area (TPSA) is 41.4 Å². The van der Waals surface area contributed by atoms with Gasteiger partial charge < -0.3 is 14.4 Å². The zero-order valence-electron chi connectivity index (χ0n) is 13.2. The number of likely N-dealkylation sites (tertiary alicyclic amines) is 1. The molecule has 0 unspecified atom stereocenters. The van der Waals surface area contributed by atoms with Crippen LogP contribution in [0.2, 0.25) is 0 Å². The van der Waals surface area contributed by atoms with Crippen LogP contribution in [-0.2, 0) is 6.54 Å². The minimum absolute atomic E-state index is 0.0508. The molecule has 0 amide bonds. The van der Waals surface area contributed by atoms with Gasteiger partial charge in [-0.05, 0) is 38.9 Å². The van der Waals surface area contributed by atoms with Crippen molar-refractivity contribution >= 4 is 16.9 Å². The van der Waals surface area contributed by atoms with Gasteiger partial charge >= 0.3 is 0 Å². The van der Waals surface area contributed by atoms with Gasteiger partial charge in [-0.3, -0.25) is 4.79 Å². The van der Waals surface area contributed by atoms with Crippen LogP contribution in [0.15, 0.2) is 29.1 Å². The van der Waals surface area contributed by atoms with Crippen LogP contribution >= 0.6 is 0 Å². The van der Waals surface area contributed by atoms with E-state index in [0.717, 1.165) is 43.5 Å². The number of benzene rings is 1. The van der Waals surface area contributed by atoms with Crippen LogP contribution in [0.25, 0.3) is 11.0 Å². The molecule has 0 radical (unpaired) electrons. The molecule has 5 heteroatoms. The summed E-state index contributed by atoms with van der Waals surface area (Å²) in [6, 6.07) is 7.93. The Morgan fingerprint density at radius 2 is 2.00 bits per heavy atom. The number of aryl methyl sites for hydroxylation is 1. The molecule has 1 aromatic heterocycles. The zero-order valence-corrected chi connectivity index (χ0v) is 13.2. The Hall–Kier alpha value is -1.88. The zero-order chi connectivity index (χ0) is 15.3. The van der Waals surface area contributed by atoms with Crippen molar-refractivity contribution in [2.45, 2.75) is 31.8 Å². The van der Waals surface area contributed by atoms with Gasteiger partial charge in [0.25, 0.3) is 5.56 Å². The highest BCUT2D eigenvalue weighted by Gasteiger charge is 2.49. The van der Waals surface area contributed by atoms with Crippen molar-refractivity contribution in [1.29, 1.82) is 0 Å². The maximum absolute atomic E-state index is 12.9. The fourth-order valence-corrected chi connectivity index (χ4v) is 4.02. The summed E-state index contributed by atoms with van der Waals surface area (Å²) in [6.45, 7) is 5.78. The third kappa shape index (κ3) is 1.81. The summed E-state index contributed by atoms with van der Waals surface area (Å²) in [7, 11) is 2.16. The molecule has 0 saturated carbocycles. The number of para-hydroxylation sites is 2. The van der Waals surface area contributed by atoms with E-state index in [4.69, 9.17) is 4.98 Å². The summed E-state index contributed by atoms with van der Waals surface area (Å²) in [6.07, 6.45) is 2.29. The standard InChI is InChI=1S/C17H22N4O/c1-3-20-14-7-5-4-6-13(14)18-15(16(20)22)21-11-9-17(21)8-10-19(2)12-17/h4-7H,3,8-12H2,1-2H3/t17-/m1/s1. The summed E-state index contributed by atoms with van der Waals surface area (Å²) in [5.74, 6) is 0.641. The molecule has 2 saturated heterocycles. The predicted molar refractivity (Wildman–Crippen MR) is 88.5 cm³/mol. The van der Waals surface area contributed by atoms with Crippen LogP contribution in [0.3, 0.4) is 0 Å². The third-order valence-corrected chi connectivity index (χ3v) is 5.30. The van der Waals surface area contributed by atoms with Crippen molar-refractivity contribution in [2.75, 3.05) is 31.6 Å². The first-order chi connectivity index (χ1) is 10.6. The van der Waals surface area contributed by atoms with Gasteiger partial charge in [0.2, 0.25) is 0 Å². The average Bonchev–Trinajstić information content (AvgIpc) is 2.92. The number of rotatable bonds is 2. The molecule has 116 valence electrons. The summed E-state index contributed by atoms with van der Waals surface area (Å²) < 4.78 is 1.85. The quantitative estimate of drug-likeness (QED) is 0.846. The molecule has 2 aromatic rings. The number of likely N-dealkylation sites (N-methyl/N-ethyl adjacent to an activating group) is 1. The highest BCUT2D eigenvalue weighted by atomic mass is 16.1. The van der Waals surface area contributed by atoms with Gasteiger partial charge in [0.05, 0.1) is 16.6 Å². The van der Waals surface area contributed by atoms with Crippen molar-refractivity contribution in [3.05, 3.63) is 34.6 Å². The molecule has 22 heavy (non-hydrogen) atoms. The molecule has 2 fully saturated rings. The first-order valence-electron chi connectivity index (χ1n) is 8.10. The number of hydrogen-bond acceptors (Lipinski definition) is 4. The number of aromatic nitrogens is 2. The van der Waals surface area contributed by atoms with Gasteiger partial charge in [-0.2, -0.15) is 0 Å². The fraction of sp³-hybridized carbons (Fsp3) is 0.529. The van der Waals surface area contributed by atoms with Gasteiger partial charge in [0.1, 0.15) is 0 Å². The lowest BCUT2D eigenvalue weighted by molar-refractivity contribution is 0.267. The highest BCUT2D eigenvalue weighted by molar-refractivity contribution is 5.76. The molecule has 0 bridgehead atoms. The first kappa shape index (κ1) is 13.8. The van der Waals surface area contributed by atoms with E-state index in [1.54, 1.807) is 0 Å². The smallest absolute Gasteiger partial charge is 0.294 e. The summed E-state index contributed by atoms with van der Waals surface area (Å²) in [5.41, 5.74) is 2.02. The van der Waals surface area contributed by atoms with Crippen LogP contribution in [0.4, 0.5) is 5.82 Å². The van der Waals surface area contributed by atoms with Crippen LogP contribution in [0, 0.1) is 0 Å². The highest BCUT2D eigenvalue weighted by Crippen LogP contribution is 2.40. The Bertz CT molecular complexity index is 784.